The van der Waals surface area contributed by atoms with Crippen LogP contribution >= 0.6 is 15.9 Å². The molecular weight excluding hydrogens is 410 g/mol. The Morgan fingerprint density at radius 1 is 1.04 bits per heavy atom. The quantitative estimate of drug-likeness (QED) is 0.696. The van der Waals surface area contributed by atoms with Gasteiger partial charge in [-0.1, -0.05) is 30.3 Å². The minimum atomic E-state index is -1.09. The number of carbonyl (C=O) groups is 2. The van der Waals surface area contributed by atoms with E-state index < -0.39 is 5.97 Å². The van der Waals surface area contributed by atoms with Crippen LogP contribution in [0.3, 0.4) is 0 Å². The summed E-state index contributed by atoms with van der Waals surface area (Å²) in [6, 6.07) is 16.7. The summed E-state index contributed by atoms with van der Waals surface area (Å²) in [6.45, 7) is 0.731. The molecule has 7 heteroatoms. The van der Waals surface area contributed by atoms with E-state index in [1.807, 2.05) is 48.5 Å². The van der Waals surface area contributed by atoms with E-state index in [1.54, 1.807) is 15.6 Å². The van der Waals surface area contributed by atoms with Crippen LogP contribution in [0.5, 0.6) is 0 Å². The lowest BCUT2D eigenvalue weighted by Crippen LogP contribution is -2.36. The van der Waals surface area contributed by atoms with Crippen LogP contribution in [-0.2, 0) is 13.0 Å². The molecular formula is C20H16BrN3O3. The van der Waals surface area contributed by atoms with Crippen molar-refractivity contribution in [3.05, 3.63) is 81.6 Å². The van der Waals surface area contributed by atoms with Crippen molar-refractivity contribution in [2.24, 2.45) is 0 Å². The number of hydrogen-bond donors (Lipinski definition) is 1. The first kappa shape index (κ1) is 17.5. The zero-order valence-corrected chi connectivity index (χ0v) is 15.9. The van der Waals surface area contributed by atoms with Crippen molar-refractivity contribution in [3.63, 3.8) is 0 Å². The number of para-hydroxylation sites is 1. The summed E-state index contributed by atoms with van der Waals surface area (Å²) >= 11 is 3.41. The normalized spacial score (nSPS) is 13.3. The van der Waals surface area contributed by atoms with Crippen LogP contribution in [0.1, 0.15) is 32.1 Å². The highest BCUT2D eigenvalue weighted by Crippen LogP contribution is 2.27. The van der Waals surface area contributed by atoms with Crippen molar-refractivity contribution in [2.75, 3.05) is 6.54 Å². The Morgan fingerprint density at radius 3 is 2.44 bits per heavy atom. The molecule has 1 aromatic heterocycles. The Hall–Kier alpha value is -2.93. The molecule has 6 nitrogen and oxygen atoms in total. The van der Waals surface area contributed by atoms with Crippen LogP contribution in [0.15, 0.2) is 59.1 Å². The first-order valence-electron chi connectivity index (χ1n) is 8.49. The third-order valence-electron chi connectivity index (χ3n) is 4.65. The first-order valence-corrected chi connectivity index (χ1v) is 9.29. The van der Waals surface area contributed by atoms with Gasteiger partial charge in [-0.2, -0.15) is 5.10 Å². The number of halogens is 1. The molecule has 0 radical (unpaired) electrons. The smallest absolute Gasteiger partial charge is 0.356 e. The number of carboxylic acids is 1. The van der Waals surface area contributed by atoms with Crippen molar-refractivity contribution in [3.8, 4) is 5.69 Å². The summed E-state index contributed by atoms with van der Waals surface area (Å²) in [4.78, 5) is 26.3. The molecule has 3 aromatic rings. The third-order valence-corrected chi connectivity index (χ3v) is 5.34. The van der Waals surface area contributed by atoms with E-state index in [1.165, 1.54) is 0 Å². The number of aromatic nitrogens is 2. The fraction of sp³-hybridized carbons (Fsp3) is 0.150. The zero-order valence-electron chi connectivity index (χ0n) is 14.3. The lowest BCUT2D eigenvalue weighted by Gasteiger charge is -2.28. The Kier molecular flexibility index (Phi) is 4.53. The molecule has 4 rings (SSSR count). The average molecular weight is 426 g/mol. The molecule has 1 amide bonds. The molecule has 0 unspecified atom stereocenters. The zero-order chi connectivity index (χ0) is 19.0. The van der Waals surface area contributed by atoms with Crippen molar-refractivity contribution < 1.29 is 14.7 Å². The number of carbonyl (C=O) groups excluding carboxylic acids is 1. The molecule has 1 aliphatic rings. The highest BCUT2D eigenvalue weighted by atomic mass is 79.9. The van der Waals surface area contributed by atoms with Gasteiger partial charge < -0.3 is 10.0 Å². The van der Waals surface area contributed by atoms with Crippen molar-refractivity contribution in [1.29, 1.82) is 0 Å². The number of amides is 1. The van der Waals surface area contributed by atoms with Gasteiger partial charge in [0.05, 0.1) is 23.5 Å². The van der Waals surface area contributed by atoms with E-state index in [9.17, 15) is 14.7 Å². The van der Waals surface area contributed by atoms with E-state index >= 15 is 0 Å². The fourth-order valence-corrected chi connectivity index (χ4v) is 3.81. The predicted molar refractivity (Wildman–Crippen MR) is 103 cm³/mol. The lowest BCUT2D eigenvalue weighted by molar-refractivity contribution is 0.0674. The van der Waals surface area contributed by atoms with Gasteiger partial charge in [0.15, 0.2) is 5.69 Å². The van der Waals surface area contributed by atoms with Gasteiger partial charge in [0, 0.05) is 23.0 Å². The second kappa shape index (κ2) is 7.00. The lowest BCUT2D eigenvalue weighted by atomic mass is 10.0. The van der Waals surface area contributed by atoms with Gasteiger partial charge in [-0.05, 0) is 40.2 Å². The maximum atomic E-state index is 12.9. The molecule has 0 saturated carbocycles. The van der Waals surface area contributed by atoms with Gasteiger partial charge in [0.25, 0.3) is 5.91 Å². The van der Waals surface area contributed by atoms with E-state index in [2.05, 4.69) is 21.0 Å². The molecule has 136 valence electrons. The van der Waals surface area contributed by atoms with E-state index in [0.717, 1.165) is 15.9 Å². The minimum Gasteiger partial charge on any atom is -0.476 e. The van der Waals surface area contributed by atoms with Crippen molar-refractivity contribution in [1.82, 2.24) is 14.7 Å². The van der Waals surface area contributed by atoms with Crippen molar-refractivity contribution in [2.45, 2.75) is 13.0 Å². The molecule has 0 saturated heterocycles. The van der Waals surface area contributed by atoms with Gasteiger partial charge in [0.2, 0.25) is 0 Å². The Morgan fingerprint density at radius 2 is 1.74 bits per heavy atom. The number of hydrogen-bond acceptors (Lipinski definition) is 3. The van der Waals surface area contributed by atoms with Crippen LogP contribution in [0.2, 0.25) is 0 Å². The van der Waals surface area contributed by atoms with Gasteiger partial charge in [-0.25, -0.2) is 9.48 Å². The molecule has 0 atom stereocenters. The van der Waals surface area contributed by atoms with Crippen LogP contribution in [0, 0.1) is 0 Å². The number of rotatable bonds is 3. The number of carboxylic acid groups (broad SMARTS) is 1. The number of fused-ring (bicyclic) bond motifs is 1. The largest absolute Gasteiger partial charge is 0.476 e. The van der Waals surface area contributed by atoms with Gasteiger partial charge in [-0.15, -0.1) is 0 Å². The van der Waals surface area contributed by atoms with Crippen molar-refractivity contribution >= 4 is 27.8 Å². The maximum Gasteiger partial charge on any atom is 0.356 e. The first-order chi connectivity index (χ1) is 13.1. The van der Waals surface area contributed by atoms with Crippen LogP contribution < -0.4 is 0 Å². The molecule has 2 aromatic carbocycles. The third kappa shape index (κ3) is 3.14. The number of benzene rings is 2. The standard InChI is InChI=1S/C20H16BrN3O3/c21-16-9-5-4-8-14(16)19(25)23-11-10-17-15(12-23)18(20(26)27)22-24(17)13-6-2-1-3-7-13/h1-9H,10-12H2,(H,26,27). The predicted octanol–water partition coefficient (Wildman–Crippen LogP) is 3.53. The highest BCUT2D eigenvalue weighted by molar-refractivity contribution is 9.10. The average Bonchev–Trinajstić information content (AvgIpc) is 3.07. The monoisotopic (exact) mass is 425 g/mol. The Balaban J connectivity index is 1.72. The minimum absolute atomic E-state index is 0.00141. The SMILES string of the molecule is O=C(O)c1nn(-c2ccccc2)c2c1CN(C(=O)c1ccccc1Br)CC2. The van der Waals surface area contributed by atoms with Crippen LogP contribution in [0.25, 0.3) is 5.69 Å². The summed E-state index contributed by atoms with van der Waals surface area (Å²) in [5, 5.41) is 13.9. The molecule has 1 N–H and O–H groups in total. The molecule has 1 aliphatic heterocycles. The van der Waals surface area contributed by atoms with Gasteiger partial charge in [-0.3, -0.25) is 4.79 Å². The number of aromatic carboxylic acids is 1. The van der Waals surface area contributed by atoms with E-state index in [0.29, 0.717) is 24.1 Å². The molecule has 27 heavy (non-hydrogen) atoms. The van der Waals surface area contributed by atoms with Gasteiger partial charge >= 0.3 is 5.97 Å². The molecule has 0 bridgehead atoms. The topological polar surface area (TPSA) is 75.4 Å². The molecule has 0 aliphatic carbocycles. The summed E-state index contributed by atoms with van der Waals surface area (Å²) in [6.07, 6.45) is 0.542. The fourth-order valence-electron chi connectivity index (χ4n) is 3.35. The van der Waals surface area contributed by atoms with Crippen LogP contribution in [0.4, 0.5) is 0 Å². The van der Waals surface area contributed by atoms with E-state index in [4.69, 9.17) is 0 Å². The Bertz CT molecular complexity index is 1030. The molecule has 0 spiro atoms. The van der Waals surface area contributed by atoms with E-state index in [-0.39, 0.29) is 18.1 Å². The molecule has 2 heterocycles. The highest BCUT2D eigenvalue weighted by Gasteiger charge is 2.31. The number of nitrogens with zero attached hydrogens (tertiary/aromatic N) is 3. The summed E-state index contributed by atoms with van der Waals surface area (Å²) in [5.41, 5.74) is 2.81. The Labute approximate surface area is 164 Å². The summed E-state index contributed by atoms with van der Waals surface area (Å²) < 4.78 is 2.40. The second-order valence-electron chi connectivity index (χ2n) is 6.28. The summed E-state index contributed by atoms with van der Waals surface area (Å²) in [7, 11) is 0. The molecule has 0 fully saturated rings. The maximum absolute atomic E-state index is 12.9. The summed E-state index contributed by atoms with van der Waals surface area (Å²) in [5.74, 6) is -1.21. The second-order valence-corrected chi connectivity index (χ2v) is 7.14. The van der Waals surface area contributed by atoms with Gasteiger partial charge in [0.1, 0.15) is 0 Å². The van der Waals surface area contributed by atoms with Crippen LogP contribution in [-0.4, -0.2) is 38.2 Å².